The molecule has 0 amide bonds. The molecule has 1 atom stereocenters. The van der Waals surface area contributed by atoms with Gasteiger partial charge in [-0.05, 0) is 49.1 Å². The lowest BCUT2D eigenvalue weighted by atomic mass is 10.1. The van der Waals surface area contributed by atoms with E-state index in [1.54, 1.807) is 19.1 Å². The molecule has 1 N–H and O–H groups in total. The number of benzene rings is 2. The number of carbonyl (C=O) groups excluding carboxylic acids is 1. The summed E-state index contributed by atoms with van der Waals surface area (Å²) in [7, 11) is -2.86. The summed E-state index contributed by atoms with van der Waals surface area (Å²) in [5.41, 5.74) is 0.898. The zero-order chi connectivity index (χ0) is 20.5. The van der Waals surface area contributed by atoms with Crippen molar-refractivity contribution in [3.63, 3.8) is 0 Å². The zero-order valence-electron chi connectivity index (χ0n) is 15.6. The Labute approximate surface area is 163 Å². The Balaban J connectivity index is 1.97. The molecule has 3 rings (SSSR count). The Hall–Kier alpha value is -2.29. The Morgan fingerprint density at radius 2 is 1.89 bits per heavy atom. The summed E-state index contributed by atoms with van der Waals surface area (Å²) in [6.45, 7) is 1.45. The number of halogens is 1. The SMILES string of the molecule is COC(=O)c1c(C)cccc1S(=O)(=O)N(CC(O)c1ccc(F)cc1)C1CC1. The van der Waals surface area contributed by atoms with Crippen molar-refractivity contribution in [2.45, 2.75) is 36.8 Å². The van der Waals surface area contributed by atoms with Gasteiger partial charge < -0.3 is 9.84 Å². The van der Waals surface area contributed by atoms with Crippen molar-refractivity contribution in [1.82, 2.24) is 4.31 Å². The van der Waals surface area contributed by atoms with Crippen LogP contribution in [0.15, 0.2) is 47.4 Å². The number of carbonyl (C=O) groups is 1. The van der Waals surface area contributed by atoms with E-state index in [9.17, 15) is 22.7 Å². The van der Waals surface area contributed by atoms with Crippen molar-refractivity contribution in [2.24, 2.45) is 0 Å². The highest BCUT2D eigenvalue weighted by Crippen LogP contribution is 2.35. The summed E-state index contributed by atoms with van der Waals surface area (Å²) in [6.07, 6.45) is 0.228. The van der Waals surface area contributed by atoms with Crippen LogP contribution in [0.2, 0.25) is 0 Å². The van der Waals surface area contributed by atoms with E-state index in [1.165, 1.54) is 41.7 Å². The quantitative estimate of drug-likeness (QED) is 0.714. The van der Waals surface area contributed by atoms with Gasteiger partial charge in [0.1, 0.15) is 5.82 Å². The number of sulfonamides is 1. The number of hydrogen-bond donors (Lipinski definition) is 1. The summed E-state index contributed by atoms with van der Waals surface area (Å²) in [5.74, 6) is -1.17. The van der Waals surface area contributed by atoms with Crippen LogP contribution < -0.4 is 0 Å². The number of aryl methyl sites for hydroxylation is 1. The highest BCUT2D eigenvalue weighted by molar-refractivity contribution is 7.89. The third-order valence-electron chi connectivity index (χ3n) is 4.77. The maximum absolute atomic E-state index is 13.4. The monoisotopic (exact) mass is 407 g/mol. The number of nitrogens with zero attached hydrogens (tertiary/aromatic N) is 1. The number of hydrogen-bond acceptors (Lipinski definition) is 5. The smallest absolute Gasteiger partial charge is 0.339 e. The largest absolute Gasteiger partial charge is 0.465 e. The van der Waals surface area contributed by atoms with Crippen molar-refractivity contribution >= 4 is 16.0 Å². The van der Waals surface area contributed by atoms with Gasteiger partial charge in [0.15, 0.2) is 0 Å². The number of esters is 1. The second kappa shape index (κ2) is 7.98. The molecule has 2 aromatic rings. The number of ether oxygens (including phenoxy) is 1. The maximum atomic E-state index is 13.4. The van der Waals surface area contributed by atoms with Gasteiger partial charge in [0, 0.05) is 12.6 Å². The molecule has 1 unspecified atom stereocenters. The summed E-state index contributed by atoms with van der Waals surface area (Å²) in [5, 5.41) is 10.5. The molecule has 150 valence electrons. The molecule has 1 saturated carbocycles. The fraction of sp³-hybridized carbons (Fsp3) is 0.350. The third kappa shape index (κ3) is 4.09. The standard InChI is InChI=1S/C20H22FNO5S/c1-13-4-3-5-18(19(13)20(24)27-2)28(25,26)22(16-10-11-16)12-17(23)14-6-8-15(21)9-7-14/h3-9,16-17,23H,10-12H2,1-2H3. The molecule has 0 saturated heterocycles. The Bertz CT molecular complexity index is 971. The molecular formula is C20H22FNO5S. The summed E-state index contributed by atoms with van der Waals surface area (Å²) in [6, 6.07) is 9.60. The lowest BCUT2D eigenvalue weighted by Crippen LogP contribution is -2.37. The summed E-state index contributed by atoms with van der Waals surface area (Å²) in [4.78, 5) is 12.1. The van der Waals surface area contributed by atoms with Crippen LogP contribution in [0.3, 0.4) is 0 Å². The first-order chi connectivity index (χ1) is 13.3. The van der Waals surface area contributed by atoms with Gasteiger partial charge in [-0.25, -0.2) is 17.6 Å². The maximum Gasteiger partial charge on any atom is 0.339 e. The van der Waals surface area contributed by atoms with Crippen molar-refractivity contribution in [3.8, 4) is 0 Å². The summed E-state index contributed by atoms with van der Waals surface area (Å²) < 4.78 is 45.9. The minimum Gasteiger partial charge on any atom is -0.465 e. The molecule has 0 spiro atoms. The lowest BCUT2D eigenvalue weighted by Gasteiger charge is -2.26. The first kappa shape index (κ1) is 20.4. The fourth-order valence-electron chi connectivity index (χ4n) is 3.11. The summed E-state index contributed by atoms with van der Waals surface area (Å²) >= 11 is 0. The molecule has 0 aliphatic heterocycles. The number of rotatable bonds is 7. The van der Waals surface area contributed by atoms with Gasteiger partial charge in [-0.1, -0.05) is 24.3 Å². The molecule has 1 aliphatic carbocycles. The van der Waals surface area contributed by atoms with Gasteiger partial charge in [0.05, 0.1) is 23.7 Å². The Kier molecular flexibility index (Phi) is 5.83. The predicted octanol–water partition coefficient (Wildman–Crippen LogP) is 2.81. The molecule has 0 radical (unpaired) electrons. The third-order valence-corrected chi connectivity index (χ3v) is 6.73. The molecule has 0 bridgehead atoms. The number of aliphatic hydroxyl groups excluding tert-OH is 1. The van der Waals surface area contributed by atoms with E-state index in [2.05, 4.69) is 0 Å². The van der Waals surface area contributed by atoms with Crippen LogP contribution in [0.1, 0.15) is 40.4 Å². The second-order valence-corrected chi connectivity index (χ2v) is 8.67. The first-order valence-corrected chi connectivity index (χ1v) is 10.3. The molecular weight excluding hydrogens is 385 g/mol. The van der Waals surface area contributed by atoms with E-state index in [-0.39, 0.29) is 23.0 Å². The van der Waals surface area contributed by atoms with Crippen LogP contribution in [0.4, 0.5) is 4.39 Å². The van der Waals surface area contributed by atoms with E-state index in [0.29, 0.717) is 24.0 Å². The van der Waals surface area contributed by atoms with Crippen LogP contribution in [0.5, 0.6) is 0 Å². The fourth-order valence-corrected chi connectivity index (χ4v) is 5.06. The highest BCUT2D eigenvalue weighted by Gasteiger charge is 2.41. The topological polar surface area (TPSA) is 83.9 Å². The van der Waals surface area contributed by atoms with Gasteiger partial charge in [0.2, 0.25) is 10.0 Å². The van der Waals surface area contributed by atoms with E-state index in [4.69, 9.17) is 4.74 Å². The van der Waals surface area contributed by atoms with Gasteiger partial charge in [-0.15, -0.1) is 0 Å². The van der Waals surface area contributed by atoms with Gasteiger partial charge in [-0.3, -0.25) is 0 Å². The van der Waals surface area contributed by atoms with Crippen molar-refractivity contribution in [2.75, 3.05) is 13.7 Å². The average molecular weight is 407 g/mol. The highest BCUT2D eigenvalue weighted by atomic mass is 32.2. The van der Waals surface area contributed by atoms with Crippen molar-refractivity contribution < 1.29 is 27.4 Å². The Morgan fingerprint density at radius 3 is 2.46 bits per heavy atom. The van der Waals surface area contributed by atoms with Crippen LogP contribution >= 0.6 is 0 Å². The molecule has 0 aromatic heterocycles. The van der Waals surface area contributed by atoms with Crippen molar-refractivity contribution in [1.29, 1.82) is 0 Å². The van der Waals surface area contributed by atoms with E-state index in [0.717, 1.165) is 0 Å². The molecule has 1 fully saturated rings. The predicted molar refractivity (Wildman–Crippen MR) is 101 cm³/mol. The molecule has 1 aliphatic rings. The van der Waals surface area contributed by atoms with Crippen LogP contribution in [-0.4, -0.2) is 43.5 Å². The number of aliphatic hydroxyl groups is 1. The second-order valence-electron chi connectivity index (χ2n) is 6.81. The van der Waals surface area contributed by atoms with Crippen LogP contribution in [0, 0.1) is 12.7 Å². The average Bonchev–Trinajstić information content (AvgIpc) is 3.50. The zero-order valence-corrected chi connectivity index (χ0v) is 16.4. The normalized spacial score (nSPS) is 15.5. The first-order valence-electron chi connectivity index (χ1n) is 8.89. The van der Waals surface area contributed by atoms with E-state index >= 15 is 0 Å². The Morgan fingerprint density at radius 1 is 1.25 bits per heavy atom. The van der Waals surface area contributed by atoms with Gasteiger partial charge in [0.25, 0.3) is 0 Å². The van der Waals surface area contributed by atoms with E-state index < -0.39 is 27.9 Å². The molecule has 0 heterocycles. The molecule has 6 nitrogen and oxygen atoms in total. The van der Waals surface area contributed by atoms with Crippen molar-refractivity contribution in [3.05, 3.63) is 65.0 Å². The van der Waals surface area contributed by atoms with Gasteiger partial charge in [-0.2, -0.15) is 4.31 Å². The molecule has 8 heteroatoms. The minimum atomic E-state index is -4.06. The minimum absolute atomic E-state index is 0.00748. The van der Waals surface area contributed by atoms with Crippen LogP contribution in [0.25, 0.3) is 0 Å². The number of methoxy groups -OCH3 is 1. The van der Waals surface area contributed by atoms with Gasteiger partial charge >= 0.3 is 5.97 Å². The van der Waals surface area contributed by atoms with Crippen LogP contribution in [-0.2, 0) is 14.8 Å². The lowest BCUT2D eigenvalue weighted by molar-refractivity contribution is 0.0595. The molecule has 28 heavy (non-hydrogen) atoms. The van der Waals surface area contributed by atoms with E-state index in [1.807, 2.05) is 0 Å². The molecule has 2 aromatic carbocycles.